The summed E-state index contributed by atoms with van der Waals surface area (Å²) in [6.07, 6.45) is 0. The van der Waals surface area contributed by atoms with Crippen LogP contribution in [0.25, 0.3) is 10.9 Å². The summed E-state index contributed by atoms with van der Waals surface area (Å²) in [4.78, 5) is 0. The van der Waals surface area contributed by atoms with Crippen molar-refractivity contribution in [2.24, 2.45) is 5.73 Å². The lowest BCUT2D eigenvalue weighted by atomic mass is 10.2. The number of halogens is 2. The fraction of sp³-hybridized carbons (Fsp3) is 0.273. The molecule has 2 rings (SSSR count). The Balaban J connectivity index is 2.79. The molecular formula is C11H12Cl2N2. The third-order valence-electron chi connectivity index (χ3n) is 2.52. The molecule has 0 saturated carbocycles. The molecule has 2 aromatic rings. The van der Waals surface area contributed by atoms with Gasteiger partial charge >= 0.3 is 0 Å². The zero-order valence-corrected chi connectivity index (χ0v) is 9.94. The Morgan fingerprint density at radius 2 is 1.93 bits per heavy atom. The maximum atomic E-state index is 6.16. The van der Waals surface area contributed by atoms with Gasteiger partial charge in [0, 0.05) is 24.2 Å². The Morgan fingerprint density at radius 3 is 2.60 bits per heavy atom. The van der Waals surface area contributed by atoms with Crippen molar-refractivity contribution in [1.29, 1.82) is 0 Å². The van der Waals surface area contributed by atoms with Crippen molar-refractivity contribution in [2.45, 2.75) is 13.5 Å². The normalized spacial score (nSPS) is 11.2. The maximum absolute atomic E-state index is 6.16. The molecule has 80 valence electrons. The molecule has 4 heteroatoms. The molecule has 2 nitrogen and oxygen atoms in total. The van der Waals surface area contributed by atoms with E-state index in [4.69, 9.17) is 28.9 Å². The van der Waals surface area contributed by atoms with E-state index in [1.807, 2.05) is 25.1 Å². The number of fused-ring (bicyclic) bond motifs is 1. The van der Waals surface area contributed by atoms with Crippen LogP contribution in [0.1, 0.15) is 5.69 Å². The van der Waals surface area contributed by atoms with Gasteiger partial charge in [0.05, 0.1) is 15.6 Å². The predicted octanol–water partition coefficient (Wildman–Crippen LogP) is 3.22. The predicted molar refractivity (Wildman–Crippen MR) is 65.7 cm³/mol. The van der Waals surface area contributed by atoms with E-state index in [1.165, 1.54) is 0 Å². The summed E-state index contributed by atoms with van der Waals surface area (Å²) < 4.78 is 2.10. The Kier molecular flexibility index (Phi) is 2.91. The number of aromatic nitrogens is 1. The zero-order valence-electron chi connectivity index (χ0n) is 8.43. The van der Waals surface area contributed by atoms with Crippen LogP contribution in [0.2, 0.25) is 10.0 Å². The van der Waals surface area contributed by atoms with Crippen molar-refractivity contribution < 1.29 is 0 Å². The summed E-state index contributed by atoms with van der Waals surface area (Å²) in [5.74, 6) is 0. The number of hydrogen-bond acceptors (Lipinski definition) is 1. The summed E-state index contributed by atoms with van der Waals surface area (Å²) in [7, 11) is 0. The van der Waals surface area contributed by atoms with Crippen LogP contribution in [0.15, 0.2) is 18.2 Å². The van der Waals surface area contributed by atoms with Gasteiger partial charge in [-0.05, 0) is 25.1 Å². The van der Waals surface area contributed by atoms with Gasteiger partial charge in [-0.1, -0.05) is 23.2 Å². The molecule has 2 N–H and O–H groups in total. The van der Waals surface area contributed by atoms with Crippen molar-refractivity contribution in [2.75, 3.05) is 6.54 Å². The van der Waals surface area contributed by atoms with E-state index in [0.29, 0.717) is 6.54 Å². The first-order valence-electron chi connectivity index (χ1n) is 4.79. The van der Waals surface area contributed by atoms with Gasteiger partial charge in [-0.15, -0.1) is 0 Å². The molecule has 0 unspecified atom stereocenters. The third-order valence-corrected chi connectivity index (χ3v) is 3.15. The molecule has 0 bridgehead atoms. The topological polar surface area (TPSA) is 30.9 Å². The second-order valence-corrected chi connectivity index (χ2v) is 4.33. The SMILES string of the molecule is Cc1cc2c(Cl)ccc(Cl)c2n1CCN. The van der Waals surface area contributed by atoms with Crippen LogP contribution >= 0.6 is 23.2 Å². The summed E-state index contributed by atoms with van der Waals surface area (Å²) in [5.41, 5.74) is 7.68. The maximum Gasteiger partial charge on any atom is 0.0687 e. The number of hydrogen-bond donors (Lipinski definition) is 1. The van der Waals surface area contributed by atoms with Crippen LogP contribution in [-0.2, 0) is 6.54 Å². The minimum atomic E-state index is 0.591. The molecule has 0 atom stereocenters. The molecule has 0 fully saturated rings. The Morgan fingerprint density at radius 1 is 1.27 bits per heavy atom. The Hall–Kier alpha value is -0.700. The molecule has 1 heterocycles. The van der Waals surface area contributed by atoms with Gasteiger partial charge in [0.2, 0.25) is 0 Å². The quantitative estimate of drug-likeness (QED) is 0.862. The van der Waals surface area contributed by atoms with Crippen LogP contribution < -0.4 is 5.73 Å². The van der Waals surface area contributed by atoms with Crippen LogP contribution in [0.3, 0.4) is 0 Å². The van der Waals surface area contributed by atoms with Gasteiger partial charge in [-0.25, -0.2) is 0 Å². The monoisotopic (exact) mass is 242 g/mol. The molecule has 0 aliphatic heterocycles. The second kappa shape index (κ2) is 4.05. The largest absolute Gasteiger partial charge is 0.342 e. The molecule has 0 saturated heterocycles. The number of aryl methyl sites for hydroxylation is 1. The van der Waals surface area contributed by atoms with Gasteiger partial charge in [0.1, 0.15) is 0 Å². The van der Waals surface area contributed by atoms with Gasteiger partial charge in [0.25, 0.3) is 0 Å². The first-order chi connectivity index (χ1) is 7.15. The molecule has 0 aliphatic rings. The molecule has 0 spiro atoms. The van der Waals surface area contributed by atoms with E-state index in [-0.39, 0.29) is 0 Å². The number of benzene rings is 1. The summed E-state index contributed by atoms with van der Waals surface area (Å²) in [6.45, 7) is 3.38. The summed E-state index contributed by atoms with van der Waals surface area (Å²) >= 11 is 12.3. The molecule has 0 aliphatic carbocycles. The average molecular weight is 243 g/mol. The average Bonchev–Trinajstić information content (AvgIpc) is 2.53. The van der Waals surface area contributed by atoms with Crippen molar-refractivity contribution in [3.63, 3.8) is 0 Å². The van der Waals surface area contributed by atoms with Gasteiger partial charge < -0.3 is 10.3 Å². The van der Waals surface area contributed by atoms with Crippen molar-refractivity contribution in [3.05, 3.63) is 33.9 Å². The van der Waals surface area contributed by atoms with E-state index in [2.05, 4.69) is 4.57 Å². The smallest absolute Gasteiger partial charge is 0.0687 e. The molecular weight excluding hydrogens is 231 g/mol. The first kappa shape index (κ1) is 10.8. The number of rotatable bonds is 2. The zero-order chi connectivity index (χ0) is 11.0. The van der Waals surface area contributed by atoms with E-state index >= 15 is 0 Å². The fourth-order valence-electron chi connectivity index (χ4n) is 1.85. The highest BCUT2D eigenvalue weighted by atomic mass is 35.5. The number of nitrogens with zero attached hydrogens (tertiary/aromatic N) is 1. The lowest BCUT2D eigenvalue weighted by molar-refractivity contribution is 0.715. The highest BCUT2D eigenvalue weighted by molar-refractivity contribution is 6.40. The molecule has 1 aromatic carbocycles. The highest BCUT2D eigenvalue weighted by Crippen LogP contribution is 2.32. The standard InChI is InChI=1S/C11H12Cl2N2/c1-7-6-8-9(12)2-3-10(13)11(8)15(7)5-4-14/h2-3,6H,4-5,14H2,1H3. The van der Waals surface area contributed by atoms with Gasteiger partial charge in [-0.3, -0.25) is 0 Å². The summed E-state index contributed by atoms with van der Waals surface area (Å²) in [6, 6.07) is 5.68. The van der Waals surface area contributed by atoms with Gasteiger partial charge in [-0.2, -0.15) is 0 Å². The first-order valence-corrected chi connectivity index (χ1v) is 5.54. The van der Waals surface area contributed by atoms with Crippen LogP contribution in [0, 0.1) is 6.92 Å². The van der Waals surface area contributed by atoms with E-state index in [9.17, 15) is 0 Å². The molecule has 15 heavy (non-hydrogen) atoms. The van der Waals surface area contributed by atoms with Crippen molar-refractivity contribution >= 4 is 34.1 Å². The number of nitrogens with two attached hydrogens (primary N) is 1. The molecule has 0 radical (unpaired) electrons. The van der Waals surface area contributed by atoms with Crippen molar-refractivity contribution in [3.8, 4) is 0 Å². The van der Waals surface area contributed by atoms with E-state index in [1.54, 1.807) is 0 Å². The minimum Gasteiger partial charge on any atom is -0.342 e. The fourth-order valence-corrected chi connectivity index (χ4v) is 2.32. The Labute approximate surface area is 98.6 Å². The van der Waals surface area contributed by atoms with E-state index < -0.39 is 0 Å². The lowest BCUT2D eigenvalue weighted by Gasteiger charge is -2.07. The van der Waals surface area contributed by atoms with Crippen LogP contribution in [0.5, 0.6) is 0 Å². The summed E-state index contributed by atoms with van der Waals surface area (Å²) in [5, 5.41) is 2.44. The molecule has 1 aromatic heterocycles. The second-order valence-electron chi connectivity index (χ2n) is 3.52. The molecule has 0 amide bonds. The van der Waals surface area contributed by atoms with Gasteiger partial charge in [0.15, 0.2) is 0 Å². The van der Waals surface area contributed by atoms with Crippen LogP contribution in [0.4, 0.5) is 0 Å². The van der Waals surface area contributed by atoms with Crippen LogP contribution in [-0.4, -0.2) is 11.1 Å². The van der Waals surface area contributed by atoms with Crippen molar-refractivity contribution in [1.82, 2.24) is 4.57 Å². The minimum absolute atomic E-state index is 0.591. The Bertz CT molecular complexity index is 503. The highest BCUT2D eigenvalue weighted by Gasteiger charge is 2.10. The third kappa shape index (κ3) is 1.73. The van der Waals surface area contributed by atoms with E-state index in [0.717, 1.165) is 33.2 Å². The lowest BCUT2D eigenvalue weighted by Crippen LogP contribution is -2.10.